The number of fused-ring (bicyclic) bond motifs is 1. The molecule has 110 valence electrons. The van der Waals surface area contributed by atoms with Crippen LogP contribution in [0, 0.1) is 12.7 Å². The van der Waals surface area contributed by atoms with Crippen LogP contribution in [0.25, 0.3) is 0 Å². The minimum absolute atomic E-state index is 0.178. The fraction of sp³-hybridized carbons (Fsp3) is 0.368. The Kier molecular flexibility index (Phi) is 3.48. The second-order valence-corrected chi connectivity index (χ2v) is 6.69. The lowest BCUT2D eigenvalue weighted by molar-refractivity contribution is 0.405. The Labute approximate surface area is 126 Å². The van der Waals surface area contributed by atoms with Gasteiger partial charge in [0.1, 0.15) is 5.82 Å². The molecule has 1 unspecified atom stereocenters. The molecule has 21 heavy (non-hydrogen) atoms. The van der Waals surface area contributed by atoms with Crippen molar-refractivity contribution in [2.24, 2.45) is 0 Å². The van der Waals surface area contributed by atoms with E-state index < -0.39 is 0 Å². The summed E-state index contributed by atoms with van der Waals surface area (Å²) in [6.07, 6.45) is 2.13. The van der Waals surface area contributed by atoms with E-state index in [2.05, 4.69) is 43.4 Å². The highest BCUT2D eigenvalue weighted by atomic mass is 19.1. The van der Waals surface area contributed by atoms with Gasteiger partial charge in [0.15, 0.2) is 0 Å². The topological polar surface area (TPSA) is 12.0 Å². The van der Waals surface area contributed by atoms with Gasteiger partial charge < -0.3 is 5.32 Å². The molecule has 0 aromatic heterocycles. The first-order valence-electron chi connectivity index (χ1n) is 7.59. The first-order chi connectivity index (χ1) is 9.97. The average Bonchev–Trinajstić information content (AvgIpc) is 2.46. The molecule has 1 aliphatic rings. The highest BCUT2D eigenvalue weighted by molar-refractivity contribution is 5.51. The average molecular weight is 283 g/mol. The minimum atomic E-state index is -0.178. The fourth-order valence-electron chi connectivity index (χ4n) is 3.30. The Bertz CT molecular complexity index is 660. The fourth-order valence-corrected chi connectivity index (χ4v) is 3.30. The van der Waals surface area contributed by atoms with Crippen molar-refractivity contribution in [2.75, 3.05) is 5.32 Å². The number of nitrogens with one attached hydrogen (secondary N) is 1. The summed E-state index contributed by atoms with van der Waals surface area (Å²) in [7, 11) is 0. The molecule has 0 heterocycles. The third-order valence-electron chi connectivity index (χ3n) is 4.57. The predicted octanol–water partition coefficient (Wildman–Crippen LogP) is 5.36. The summed E-state index contributed by atoms with van der Waals surface area (Å²) in [5.41, 5.74) is 4.55. The van der Waals surface area contributed by atoms with E-state index in [-0.39, 0.29) is 17.3 Å². The van der Waals surface area contributed by atoms with Crippen molar-refractivity contribution in [3.05, 3.63) is 65.0 Å². The molecule has 1 aliphatic carbocycles. The summed E-state index contributed by atoms with van der Waals surface area (Å²) in [6, 6.07) is 14.0. The lowest BCUT2D eigenvalue weighted by atomic mass is 9.71. The van der Waals surface area contributed by atoms with Crippen LogP contribution in [0.2, 0.25) is 0 Å². The van der Waals surface area contributed by atoms with Crippen LogP contribution in [0.1, 0.15) is 49.4 Å². The Morgan fingerprint density at radius 2 is 1.90 bits per heavy atom. The molecule has 1 nitrogen and oxygen atoms in total. The van der Waals surface area contributed by atoms with Crippen LogP contribution >= 0.6 is 0 Å². The Balaban J connectivity index is 1.96. The number of rotatable bonds is 2. The zero-order valence-corrected chi connectivity index (χ0v) is 12.9. The van der Waals surface area contributed by atoms with Crippen molar-refractivity contribution >= 4 is 5.69 Å². The van der Waals surface area contributed by atoms with E-state index in [1.807, 2.05) is 13.0 Å². The zero-order valence-electron chi connectivity index (χ0n) is 12.9. The summed E-state index contributed by atoms with van der Waals surface area (Å²) < 4.78 is 14.0. The maximum atomic E-state index is 14.0. The van der Waals surface area contributed by atoms with Crippen LogP contribution in [0.4, 0.5) is 10.1 Å². The molecule has 0 radical (unpaired) electrons. The van der Waals surface area contributed by atoms with Crippen molar-refractivity contribution in [3.8, 4) is 0 Å². The van der Waals surface area contributed by atoms with E-state index in [0.717, 1.165) is 18.4 Å². The standard InChI is InChI=1S/C19H22FN/c1-13-8-9-16(20)18(12-13)21-17-10-11-19(2,3)15-7-5-4-6-14(15)17/h4-9,12,17,21H,10-11H2,1-3H3. The first-order valence-corrected chi connectivity index (χ1v) is 7.59. The van der Waals surface area contributed by atoms with Gasteiger partial charge in [0.2, 0.25) is 0 Å². The smallest absolute Gasteiger partial charge is 0.146 e. The second-order valence-electron chi connectivity index (χ2n) is 6.69. The van der Waals surface area contributed by atoms with Crippen LogP contribution in [0.5, 0.6) is 0 Å². The van der Waals surface area contributed by atoms with Gasteiger partial charge in [0.05, 0.1) is 11.7 Å². The number of halogens is 1. The molecule has 2 heteroatoms. The lowest BCUT2D eigenvalue weighted by Crippen LogP contribution is -2.29. The summed E-state index contributed by atoms with van der Waals surface area (Å²) in [5.74, 6) is -0.178. The van der Waals surface area contributed by atoms with E-state index in [0.29, 0.717) is 5.69 Å². The van der Waals surface area contributed by atoms with E-state index in [1.165, 1.54) is 17.2 Å². The largest absolute Gasteiger partial charge is 0.376 e. The summed E-state index contributed by atoms with van der Waals surface area (Å²) >= 11 is 0. The minimum Gasteiger partial charge on any atom is -0.376 e. The van der Waals surface area contributed by atoms with Crippen molar-refractivity contribution in [1.82, 2.24) is 0 Å². The first kappa shape index (κ1) is 14.1. The van der Waals surface area contributed by atoms with Crippen LogP contribution in [0.15, 0.2) is 42.5 Å². The Morgan fingerprint density at radius 1 is 1.14 bits per heavy atom. The third-order valence-corrected chi connectivity index (χ3v) is 4.57. The van der Waals surface area contributed by atoms with Crippen molar-refractivity contribution < 1.29 is 4.39 Å². The van der Waals surface area contributed by atoms with Gasteiger partial charge in [-0.2, -0.15) is 0 Å². The number of aryl methyl sites for hydroxylation is 1. The maximum Gasteiger partial charge on any atom is 0.146 e. The highest BCUT2D eigenvalue weighted by Gasteiger charge is 2.32. The van der Waals surface area contributed by atoms with Gasteiger partial charge in [-0.3, -0.25) is 0 Å². The maximum absolute atomic E-state index is 14.0. The monoisotopic (exact) mass is 283 g/mol. The van der Waals surface area contributed by atoms with E-state index in [9.17, 15) is 4.39 Å². The summed E-state index contributed by atoms with van der Waals surface area (Å²) in [5, 5.41) is 3.41. The molecule has 0 saturated heterocycles. The van der Waals surface area contributed by atoms with E-state index >= 15 is 0 Å². The van der Waals surface area contributed by atoms with Gasteiger partial charge in [0.25, 0.3) is 0 Å². The van der Waals surface area contributed by atoms with Crippen LogP contribution in [-0.4, -0.2) is 0 Å². The van der Waals surface area contributed by atoms with Gasteiger partial charge >= 0.3 is 0 Å². The van der Waals surface area contributed by atoms with Crippen LogP contribution < -0.4 is 5.32 Å². The normalized spacial score (nSPS) is 19.9. The van der Waals surface area contributed by atoms with E-state index in [1.54, 1.807) is 6.07 Å². The zero-order chi connectivity index (χ0) is 15.0. The van der Waals surface area contributed by atoms with Crippen LogP contribution in [0.3, 0.4) is 0 Å². The SMILES string of the molecule is Cc1ccc(F)c(NC2CCC(C)(C)c3ccccc32)c1. The molecule has 0 fully saturated rings. The molecule has 0 amide bonds. The molecule has 2 aromatic rings. The lowest BCUT2D eigenvalue weighted by Gasteiger charge is -2.37. The van der Waals surface area contributed by atoms with Gasteiger partial charge in [-0.05, 0) is 54.0 Å². The number of hydrogen-bond donors (Lipinski definition) is 1. The Morgan fingerprint density at radius 3 is 2.71 bits per heavy atom. The van der Waals surface area contributed by atoms with E-state index in [4.69, 9.17) is 0 Å². The van der Waals surface area contributed by atoms with Gasteiger partial charge in [-0.15, -0.1) is 0 Å². The molecule has 3 rings (SSSR count). The molecule has 2 aromatic carbocycles. The second kappa shape index (κ2) is 5.18. The highest BCUT2D eigenvalue weighted by Crippen LogP contribution is 2.42. The molecule has 0 aliphatic heterocycles. The van der Waals surface area contributed by atoms with Gasteiger partial charge in [0, 0.05) is 0 Å². The molecule has 1 atom stereocenters. The van der Waals surface area contributed by atoms with Crippen molar-refractivity contribution in [2.45, 2.75) is 45.1 Å². The number of hydrogen-bond acceptors (Lipinski definition) is 1. The molecular formula is C19H22FN. The molecule has 0 saturated carbocycles. The molecule has 0 bridgehead atoms. The van der Waals surface area contributed by atoms with Crippen LogP contribution in [-0.2, 0) is 5.41 Å². The number of anilines is 1. The Hall–Kier alpha value is -1.83. The number of benzene rings is 2. The molecule has 1 N–H and O–H groups in total. The molecular weight excluding hydrogens is 261 g/mol. The predicted molar refractivity (Wildman–Crippen MR) is 86.2 cm³/mol. The van der Waals surface area contributed by atoms with Gasteiger partial charge in [-0.1, -0.05) is 44.2 Å². The van der Waals surface area contributed by atoms with Crippen molar-refractivity contribution in [1.29, 1.82) is 0 Å². The van der Waals surface area contributed by atoms with Crippen molar-refractivity contribution in [3.63, 3.8) is 0 Å². The molecule has 0 spiro atoms. The summed E-state index contributed by atoms with van der Waals surface area (Å²) in [4.78, 5) is 0. The third kappa shape index (κ3) is 2.67. The summed E-state index contributed by atoms with van der Waals surface area (Å²) in [6.45, 7) is 6.56. The van der Waals surface area contributed by atoms with Gasteiger partial charge in [-0.25, -0.2) is 4.39 Å². The quantitative estimate of drug-likeness (QED) is 0.782.